The van der Waals surface area contributed by atoms with Gasteiger partial charge in [-0.05, 0) is 43.7 Å². The summed E-state index contributed by atoms with van der Waals surface area (Å²) < 4.78 is 5.75. The highest BCUT2D eigenvalue weighted by Gasteiger charge is 2.41. The van der Waals surface area contributed by atoms with Gasteiger partial charge in [0, 0.05) is 39.8 Å². The molecule has 3 saturated heterocycles. The molecule has 26 heavy (non-hydrogen) atoms. The third-order valence-corrected chi connectivity index (χ3v) is 6.21. The number of hydrogen-bond acceptors (Lipinski definition) is 4. The highest BCUT2D eigenvalue weighted by Crippen LogP contribution is 2.34. The number of nitrogens with zero attached hydrogens (tertiary/aromatic N) is 3. The van der Waals surface area contributed by atoms with Gasteiger partial charge in [0.1, 0.15) is 5.76 Å². The Hall–Kier alpha value is -1.82. The van der Waals surface area contributed by atoms with Crippen LogP contribution >= 0.6 is 0 Å². The van der Waals surface area contributed by atoms with Gasteiger partial charge in [-0.25, -0.2) is 0 Å². The van der Waals surface area contributed by atoms with Gasteiger partial charge in [-0.1, -0.05) is 6.42 Å². The Morgan fingerprint density at radius 3 is 2.69 bits per heavy atom. The number of furan rings is 1. The first-order chi connectivity index (χ1) is 12.5. The van der Waals surface area contributed by atoms with Gasteiger partial charge in [-0.2, -0.15) is 0 Å². The van der Waals surface area contributed by atoms with Crippen LogP contribution in [0.25, 0.3) is 0 Å². The van der Waals surface area contributed by atoms with E-state index in [1.165, 1.54) is 24.2 Å². The second-order valence-corrected chi connectivity index (χ2v) is 8.38. The summed E-state index contributed by atoms with van der Waals surface area (Å²) in [5.74, 6) is 2.26. The molecule has 6 heteroatoms. The third-order valence-electron chi connectivity index (χ3n) is 6.21. The lowest BCUT2D eigenvalue weighted by Gasteiger charge is -2.40. The molecule has 0 spiro atoms. The fraction of sp³-hybridized carbons (Fsp3) is 0.700. The van der Waals surface area contributed by atoms with E-state index >= 15 is 0 Å². The van der Waals surface area contributed by atoms with E-state index in [1.807, 2.05) is 6.07 Å². The lowest BCUT2D eigenvalue weighted by Crippen LogP contribution is -2.50. The summed E-state index contributed by atoms with van der Waals surface area (Å²) in [5, 5.41) is 0. The van der Waals surface area contributed by atoms with Gasteiger partial charge >= 0.3 is 0 Å². The van der Waals surface area contributed by atoms with Gasteiger partial charge in [-0.15, -0.1) is 0 Å². The van der Waals surface area contributed by atoms with Gasteiger partial charge < -0.3 is 14.2 Å². The number of piperidine rings is 1. The lowest BCUT2D eigenvalue weighted by molar-refractivity contribution is -0.141. The number of amides is 2. The number of fused-ring (bicyclic) bond motifs is 4. The Morgan fingerprint density at radius 2 is 2.00 bits per heavy atom. The first kappa shape index (κ1) is 17.6. The van der Waals surface area contributed by atoms with Crippen molar-refractivity contribution in [3.8, 4) is 0 Å². The van der Waals surface area contributed by atoms with Crippen LogP contribution in [-0.2, 0) is 11.3 Å². The molecule has 0 radical (unpaired) electrons. The van der Waals surface area contributed by atoms with Crippen molar-refractivity contribution < 1.29 is 14.0 Å². The highest BCUT2D eigenvalue weighted by atomic mass is 16.4. The van der Waals surface area contributed by atoms with Crippen molar-refractivity contribution in [2.24, 2.45) is 11.8 Å². The average Bonchev–Trinajstić information content (AvgIpc) is 2.87. The van der Waals surface area contributed by atoms with Crippen molar-refractivity contribution in [2.45, 2.75) is 44.7 Å². The maximum absolute atomic E-state index is 12.9. The molecular formula is C20H29N3O3. The zero-order valence-electron chi connectivity index (χ0n) is 15.8. The van der Waals surface area contributed by atoms with Gasteiger partial charge in [-0.3, -0.25) is 14.5 Å². The summed E-state index contributed by atoms with van der Waals surface area (Å²) in [4.78, 5) is 30.9. The molecule has 1 aliphatic carbocycles. The largest absolute Gasteiger partial charge is 0.455 e. The zero-order valence-corrected chi connectivity index (χ0v) is 15.8. The Balaban J connectivity index is 1.42. The summed E-state index contributed by atoms with van der Waals surface area (Å²) >= 11 is 0. The van der Waals surface area contributed by atoms with Gasteiger partial charge in [0.05, 0.1) is 12.5 Å². The molecule has 2 atom stereocenters. The summed E-state index contributed by atoms with van der Waals surface area (Å²) in [5.41, 5.74) is 0. The molecule has 0 aromatic carbocycles. The molecule has 3 aliphatic heterocycles. The number of carbonyl (C=O) groups excluding carboxylic acids is 2. The van der Waals surface area contributed by atoms with Crippen LogP contribution in [0.15, 0.2) is 16.5 Å². The number of carbonyl (C=O) groups is 2. The Kier molecular flexibility index (Phi) is 4.78. The minimum atomic E-state index is -0.117. The smallest absolute Gasteiger partial charge is 0.289 e. The molecule has 1 saturated carbocycles. The highest BCUT2D eigenvalue weighted by molar-refractivity contribution is 5.91. The van der Waals surface area contributed by atoms with E-state index < -0.39 is 0 Å². The van der Waals surface area contributed by atoms with Crippen LogP contribution in [-0.4, -0.2) is 66.3 Å². The topological polar surface area (TPSA) is 57.0 Å². The molecule has 4 fully saturated rings. The van der Waals surface area contributed by atoms with E-state index in [1.54, 1.807) is 20.2 Å². The maximum Gasteiger partial charge on any atom is 0.289 e. The fourth-order valence-electron chi connectivity index (χ4n) is 4.47. The molecule has 142 valence electrons. The summed E-state index contributed by atoms with van der Waals surface area (Å²) in [6, 6.07) is 3.97. The predicted octanol–water partition coefficient (Wildman–Crippen LogP) is 2.20. The Morgan fingerprint density at radius 1 is 1.19 bits per heavy atom. The molecular weight excluding hydrogens is 330 g/mol. The number of rotatable bonds is 5. The van der Waals surface area contributed by atoms with Crippen molar-refractivity contribution in [1.82, 2.24) is 14.7 Å². The van der Waals surface area contributed by atoms with Crippen LogP contribution in [0.2, 0.25) is 0 Å². The zero-order chi connectivity index (χ0) is 18.3. The molecule has 6 nitrogen and oxygen atoms in total. The molecule has 2 bridgehead atoms. The summed E-state index contributed by atoms with van der Waals surface area (Å²) in [7, 11) is 3.44. The van der Waals surface area contributed by atoms with E-state index in [9.17, 15) is 9.59 Å². The van der Waals surface area contributed by atoms with Crippen LogP contribution < -0.4 is 0 Å². The Labute approximate surface area is 155 Å². The molecule has 1 aromatic rings. The van der Waals surface area contributed by atoms with E-state index in [0.29, 0.717) is 24.3 Å². The molecule has 0 unspecified atom stereocenters. The Bertz CT molecular complexity index is 680. The van der Waals surface area contributed by atoms with E-state index in [-0.39, 0.29) is 11.8 Å². The molecule has 4 aliphatic rings. The van der Waals surface area contributed by atoms with Crippen molar-refractivity contribution in [2.75, 3.05) is 33.7 Å². The minimum absolute atomic E-state index is 0.117. The molecule has 4 heterocycles. The summed E-state index contributed by atoms with van der Waals surface area (Å²) in [6.45, 7) is 3.33. The van der Waals surface area contributed by atoms with Crippen LogP contribution in [0.4, 0.5) is 0 Å². The number of hydrogen-bond donors (Lipinski definition) is 0. The third kappa shape index (κ3) is 3.39. The second-order valence-electron chi connectivity index (χ2n) is 8.38. The fourth-order valence-corrected chi connectivity index (χ4v) is 4.47. The first-order valence-electron chi connectivity index (χ1n) is 9.84. The van der Waals surface area contributed by atoms with Gasteiger partial charge in [0.2, 0.25) is 5.91 Å². The van der Waals surface area contributed by atoms with Crippen molar-refractivity contribution in [3.63, 3.8) is 0 Å². The first-order valence-corrected chi connectivity index (χ1v) is 9.84. The van der Waals surface area contributed by atoms with E-state index in [2.05, 4.69) is 9.80 Å². The lowest BCUT2D eigenvalue weighted by atomic mass is 9.83. The minimum Gasteiger partial charge on any atom is -0.455 e. The van der Waals surface area contributed by atoms with Crippen LogP contribution in [0.1, 0.15) is 48.4 Å². The monoisotopic (exact) mass is 359 g/mol. The van der Waals surface area contributed by atoms with E-state index in [0.717, 1.165) is 44.2 Å². The molecule has 0 N–H and O–H groups in total. The van der Waals surface area contributed by atoms with Crippen LogP contribution in [0.3, 0.4) is 0 Å². The average molecular weight is 359 g/mol. The standard InChI is InChI=1S/C20H29N3O3/c1-21(2)20(25)18-9-8-17(26-18)13-22-11-15-6-7-16(12-22)23(19(15)24)10-14-4-3-5-14/h8-9,14-16H,3-7,10-13H2,1-2H3/t15-,16+/m0/s1. The van der Waals surface area contributed by atoms with Crippen molar-refractivity contribution >= 4 is 11.8 Å². The van der Waals surface area contributed by atoms with E-state index in [4.69, 9.17) is 4.42 Å². The molecule has 5 rings (SSSR count). The molecule has 2 amide bonds. The quantitative estimate of drug-likeness (QED) is 0.809. The maximum atomic E-state index is 12.9. The normalized spacial score (nSPS) is 26.7. The predicted molar refractivity (Wildman–Crippen MR) is 97.6 cm³/mol. The van der Waals surface area contributed by atoms with Crippen LogP contribution in [0, 0.1) is 11.8 Å². The van der Waals surface area contributed by atoms with Gasteiger partial charge in [0.25, 0.3) is 5.91 Å². The second kappa shape index (κ2) is 7.06. The molecule has 1 aromatic heterocycles. The van der Waals surface area contributed by atoms with Crippen molar-refractivity contribution in [1.29, 1.82) is 0 Å². The van der Waals surface area contributed by atoms with Crippen molar-refractivity contribution in [3.05, 3.63) is 23.7 Å². The van der Waals surface area contributed by atoms with Crippen LogP contribution in [0.5, 0.6) is 0 Å². The summed E-state index contributed by atoms with van der Waals surface area (Å²) in [6.07, 6.45) is 5.99. The van der Waals surface area contributed by atoms with Gasteiger partial charge in [0.15, 0.2) is 5.76 Å². The SMILES string of the molecule is CN(C)C(=O)c1ccc(CN2C[C@@H]3CC[C@H](C2)N(CC2CCC2)C3=O)o1.